The number of rotatable bonds is 4. The molecular weight excluding hydrogens is 374 g/mol. The number of benzene rings is 2. The van der Waals surface area contributed by atoms with Crippen LogP contribution in [0.25, 0.3) is 0 Å². The number of amides is 3. The van der Waals surface area contributed by atoms with E-state index in [1.54, 1.807) is 24.3 Å². The number of hydrogen-bond donors (Lipinski definition) is 2. The minimum Gasteiger partial charge on any atom is -0.326 e. The number of urea groups is 1. The summed E-state index contributed by atoms with van der Waals surface area (Å²) in [6, 6.07) is 14.8. The van der Waals surface area contributed by atoms with Gasteiger partial charge in [-0.2, -0.15) is 0 Å². The second kappa shape index (κ2) is 9.11. The first-order chi connectivity index (χ1) is 13.4. The number of carbonyl (C=O) groups excluding carboxylic acids is 2. The summed E-state index contributed by atoms with van der Waals surface area (Å²) in [5, 5.41) is 6.53. The summed E-state index contributed by atoms with van der Waals surface area (Å²) < 4.78 is 0. The molecule has 0 radical (unpaired) electrons. The van der Waals surface area contributed by atoms with E-state index in [4.69, 9.17) is 11.6 Å². The van der Waals surface area contributed by atoms with Gasteiger partial charge in [-0.25, -0.2) is 4.79 Å². The molecule has 1 heterocycles. The SMILES string of the molecule is Cc1ccc(NC(=O)N2CCC(C(C)C(=O)Nc3ccc(Cl)cc3)CC2)cc1. The van der Waals surface area contributed by atoms with E-state index >= 15 is 0 Å². The Morgan fingerprint density at radius 1 is 0.964 bits per heavy atom. The van der Waals surface area contributed by atoms with E-state index in [1.165, 1.54) is 0 Å². The molecule has 5 nitrogen and oxygen atoms in total. The number of halogens is 1. The summed E-state index contributed by atoms with van der Waals surface area (Å²) in [4.78, 5) is 26.8. The van der Waals surface area contributed by atoms with Crippen molar-refractivity contribution in [1.29, 1.82) is 0 Å². The molecular formula is C22H26ClN3O2. The smallest absolute Gasteiger partial charge is 0.321 e. The van der Waals surface area contributed by atoms with Gasteiger partial charge in [0.25, 0.3) is 0 Å². The Labute approximate surface area is 171 Å². The molecule has 1 saturated heterocycles. The van der Waals surface area contributed by atoms with Gasteiger partial charge >= 0.3 is 6.03 Å². The van der Waals surface area contributed by atoms with E-state index in [-0.39, 0.29) is 23.8 Å². The first-order valence-corrected chi connectivity index (χ1v) is 9.99. The first kappa shape index (κ1) is 20.2. The average molecular weight is 400 g/mol. The molecule has 148 valence electrons. The largest absolute Gasteiger partial charge is 0.326 e. The second-order valence-corrected chi connectivity index (χ2v) is 7.84. The van der Waals surface area contributed by atoms with Crippen molar-refractivity contribution in [2.75, 3.05) is 23.7 Å². The standard InChI is InChI=1S/C22H26ClN3O2/c1-15-3-7-20(8-4-15)25-22(28)26-13-11-17(12-14-26)16(2)21(27)24-19-9-5-18(23)6-10-19/h3-10,16-17H,11-14H2,1-2H3,(H,24,27)(H,25,28). The van der Waals surface area contributed by atoms with Crippen molar-refractivity contribution in [3.05, 3.63) is 59.1 Å². The summed E-state index contributed by atoms with van der Waals surface area (Å²) in [5.41, 5.74) is 2.70. The molecule has 0 bridgehead atoms. The van der Waals surface area contributed by atoms with Crippen LogP contribution in [-0.2, 0) is 4.79 Å². The number of likely N-dealkylation sites (tertiary alicyclic amines) is 1. The van der Waals surface area contributed by atoms with Crippen LogP contribution in [0.4, 0.5) is 16.2 Å². The van der Waals surface area contributed by atoms with E-state index in [0.29, 0.717) is 18.1 Å². The lowest BCUT2D eigenvalue weighted by Gasteiger charge is -2.34. The Kier molecular flexibility index (Phi) is 6.57. The molecule has 2 aromatic carbocycles. The monoisotopic (exact) mass is 399 g/mol. The van der Waals surface area contributed by atoms with Crippen LogP contribution in [-0.4, -0.2) is 29.9 Å². The lowest BCUT2D eigenvalue weighted by atomic mass is 9.85. The van der Waals surface area contributed by atoms with Gasteiger partial charge in [-0.15, -0.1) is 0 Å². The summed E-state index contributed by atoms with van der Waals surface area (Å²) in [5.74, 6) is 0.151. The number of carbonyl (C=O) groups is 2. The predicted molar refractivity (Wildman–Crippen MR) is 114 cm³/mol. The van der Waals surface area contributed by atoms with Crippen molar-refractivity contribution in [2.45, 2.75) is 26.7 Å². The Morgan fingerprint density at radius 3 is 2.11 bits per heavy atom. The maximum atomic E-state index is 12.5. The van der Waals surface area contributed by atoms with Gasteiger partial charge in [0, 0.05) is 35.4 Å². The molecule has 28 heavy (non-hydrogen) atoms. The van der Waals surface area contributed by atoms with Gasteiger partial charge in [0.05, 0.1) is 0 Å². The van der Waals surface area contributed by atoms with Crippen LogP contribution in [0.5, 0.6) is 0 Å². The molecule has 3 amide bonds. The van der Waals surface area contributed by atoms with E-state index in [9.17, 15) is 9.59 Å². The Bertz CT molecular complexity index is 813. The fraction of sp³-hybridized carbons (Fsp3) is 0.364. The van der Waals surface area contributed by atoms with Crippen LogP contribution in [0.3, 0.4) is 0 Å². The number of piperidine rings is 1. The van der Waals surface area contributed by atoms with Crippen molar-refractivity contribution in [3.8, 4) is 0 Å². The van der Waals surface area contributed by atoms with E-state index in [0.717, 1.165) is 29.8 Å². The molecule has 1 aliphatic rings. The fourth-order valence-electron chi connectivity index (χ4n) is 3.45. The zero-order chi connectivity index (χ0) is 20.1. The van der Waals surface area contributed by atoms with Crippen LogP contribution in [0, 0.1) is 18.8 Å². The molecule has 2 aromatic rings. The highest BCUT2D eigenvalue weighted by atomic mass is 35.5. The van der Waals surface area contributed by atoms with Gasteiger partial charge in [0.1, 0.15) is 0 Å². The van der Waals surface area contributed by atoms with Gasteiger partial charge in [0.15, 0.2) is 0 Å². The molecule has 1 aliphatic heterocycles. The number of nitrogens with zero attached hydrogens (tertiary/aromatic N) is 1. The minimum atomic E-state index is -0.113. The molecule has 1 atom stereocenters. The molecule has 6 heteroatoms. The van der Waals surface area contributed by atoms with Gasteiger partial charge in [-0.3, -0.25) is 4.79 Å². The lowest BCUT2D eigenvalue weighted by Crippen LogP contribution is -2.43. The summed E-state index contributed by atoms with van der Waals surface area (Å²) >= 11 is 5.88. The van der Waals surface area contributed by atoms with Crippen molar-refractivity contribution in [3.63, 3.8) is 0 Å². The van der Waals surface area contributed by atoms with Crippen molar-refractivity contribution in [1.82, 2.24) is 4.90 Å². The van der Waals surface area contributed by atoms with E-state index in [2.05, 4.69) is 10.6 Å². The number of nitrogens with one attached hydrogen (secondary N) is 2. The molecule has 1 fully saturated rings. The fourth-order valence-corrected chi connectivity index (χ4v) is 3.57. The van der Waals surface area contributed by atoms with Crippen LogP contribution in [0.2, 0.25) is 5.02 Å². The van der Waals surface area contributed by atoms with Gasteiger partial charge in [0.2, 0.25) is 5.91 Å². The van der Waals surface area contributed by atoms with Gasteiger partial charge in [-0.05, 0) is 62.1 Å². The third kappa shape index (κ3) is 5.26. The predicted octanol–water partition coefficient (Wildman–Crippen LogP) is 5.17. The minimum absolute atomic E-state index is 0.00452. The summed E-state index contributed by atoms with van der Waals surface area (Å²) in [7, 11) is 0. The Balaban J connectivity index is 1.48. The molecule has 2 N–H and O–H groups in total. The topological polar surface area (TPSA) is 61.4 Å². The third-order valence-corrected chi connectivity index (χ3v) is 5.61. The summed E-state index contributed by atoms with van der Waals surface area (Å²) in [6.07, 6.45) is 1.63. The third-order valence-electron chi connectivity index (χ3n) is 5.36. The molecule has 1 unspecified atom stereocenters. The molecule has 0 aliphatic carbocycles. The molecule has 0 saturated carbocycles. The van der Waals surface area contributed by atoms with Crippen molar-refractivity contribution >= 4 is 34.9 Å². The normalized spacial score (nSPS) is 15.8. The van der Waals surface area contributed by atoms with E-state index < -0.39 is 0 Å². The van der Waals surface area contributed by atoms with Gasteiger partial charge < -0.3 is 15.5 Å². The highest BCUT2D eigenvalue weighted by molar-refractivity contribution is 6.30. The second-order valence-electron chi connectivity index (χ2n) is 7.41. The van der Waals surface area contributed by atoms with E-state index in [1.807, 2.05) is 43.0 Å². The maximum absolute atomic E-state index is 12.5. The number of anilines is 2. The quantitative estimate of drug-likeness (QED) is 0.745. The highest BCUT2D eigenvalue weighted by Gasteiger charge is 2.29. The van der Waals surface area contributed by atoms with Crippen LogP contribution >= 0.6 is 11.6 Å². The highest BCUT2D eigenvalue weighted by Crippen LogP contribution is 2.27. The van der Waals surface area contributed by atoms with Crippen LogP contribution in [0.15, 0.2) is 48.5 Å². The first-order valence-electron chi connectivity index (χ1n) is 9.61. The number of aryl methyl sites for hydroxylation is 1. The molecule has 3 rings (SSSR count). The maximum Gasteiger partial charge on any atom is 0.321 e. The lowest BCUT2D eigenvalue weighted by molar-refractivity contribution is -0.121. The average Bonchev–Trinajstić information content (AvgIpc) is 2.71. The molecule has 0 aromatic heterocycles. The Morgan fingerprint density at radius 2 is 1.50 bits per heavy atom. The summed E-state index contributed by atoms with van der Waals surface area (Å²) in [6.45, 7) is 5.28. The van der Waals surface area contributed by atoms with Crippen molar-refractivity contribution in [2.24, 2.45) is 11.8 Å². The molecule has 0 spiro atoms. The van der Waals surface area contributed by atoms with Gasteiger partial charge in [-0.1, -0.05) is 36.2 Å². The Hall–Kier alpha value is -2.53. The van der Waals surface area contributed by atoms with Crippen LogP contribution < -0.4 is 10.6 Å². The van der Waals surface area contributed by atoms with Crippen LogP contribution in [0.1, 0.15) is 25.3 Å². The number of hydrogen-bond acceptors (Lipinski definition) is 2. The zero-order valence-electron chi connectivity index (χ0n) is 16.2. The zero-order valence-corrected chi connectivity index (χ0v) is 17.0. The van der Waals surface area contributed by atoms with Crippen molar-refractivity contribution < 1.29 is 9.59 Å².